The monoisotopic (exact) mass is 322 g/mol. The summed E-state index contributed by atoms with van der Waals surface area (Å²) in [6.07, 6.45) is 1.50. The van der Waals surface area contributed by atoms with Crippen LogP contribution in [0.25, 0.3) is 0 Å². The summed E-state index contributed by atoms with van der Waals surface area (Å²) in [6.45, 7) is 6.48. The molecule has 5 heteroatoms. The van der Waals surface area contributed by atoms with E-state index in [1.165, 1.54) is 0 Å². The molecular formula is C17H26N2O2S. The Hall–Kier alpha value is -1.20. The van der Waals surface area contributed by atoms with E-state index in [2.05, 4.69) is 24.1 Å². The summed E-state index contributed by atoms with van der Waals surface area (Å²) in [4.78, 5) is 14.4. The third kappa shape index (κ3) is 4.40. The molecule has 2 rings (SSSR count). The number of anilines is 1. The van der Waals surface area contributed by atoms with E-state index in [9.17, 15) is 9.90 Å². The quantitative estimate of drug-likeness (QED) is 0.845. The fourth-order valence-corrected chi connectivity index (χ4v) is 3.94. The van der Waals surface area contributed by atoms with Crippen molar-refractivity contribution in [2.75, 3.05) is 36.0 Å². The molecule has 1 amide bonds. The molecule has 1 fully saturated rings. The summed E-state index contributed by atoms with van der Waals surface area (Å²) in [5.74, 6) is 1.81. The highest BCUT2D eigenvalue weighted by Gasteiger charge is 2.29. The zero-order valence-corrected chi connectivity index (χ0v) is 14.3. The lowest BCUT2D eigenvalue weighted by atomic mass is 9.97. The molecule has 1 aliphatic heterocycles. The number of carbonyl (C=O) groups excluding carboxylic acids is 1. The van der Waals surface area contributed by atoms with Crippen LogP contribution in [0.15, 0.2) is 24.3 Å². The highest BCUT2D eigenvalue weighted by atomic mass is 32.2. The van der Waals surface area contributed by atoms with Crippen LogP contribution in [0.3, 0.4) is 0 Å². The second-order valence-electron chi connectivity index (χ2n) is 5.74. The highest BCUT2D eigenvalue weighted by molar-refractivity contribution is 7.99. The van der Waals surface area contributed by atoms with Gasteiger partial charge >= 0.3 is 0 Å². The number of nitrogens with zero attached hydrogens (tertiary/aromatic N) is 1. The lowest BCUT2D eigenvalue weighted by Gasteiger charge is -2.31. The molecule has 0 aliphatic carbocycles. The van der Waals surface area contributed by atoms with Crippen LogP contribution in [0.4, 0.5) is 5.69 Å². The molecule has 0 aromatic heterocycles. The van der Waals surface area contributed by atoms with Crippen LogP contribution in [0.5, 0.6) is 0 Å². The largest absolute Gasteiger partial charge is 0.388 e. The Morgan fingerprint density at radius 1 is 1.23 bits per heavy atom. The van der Waals surface area contributed by atoms with E-state index >= 15 is 0 Å². The molecule has 0 atom stereocenters. The predicted molar refractivity (Wildman–Crippen MR) is 93.8 cm³/mol. The van der Waals surface area contributed by atoms with Crippen LogP contribution < -0.4 is 10.2 Å². The molecule has 22 heavy (non-hydrogen) atoms. The molecule has 1 heterocycles. The van der Waals surface area contributed by atoms with Crippen molar-refractivity contribution in [3.05, 3.63) is 29.8 Å². The van der Waals surface area contributed by atoms with Crippen molar-refractivity contribution in [1.82, 2.24) is 5.32 Å². The normalized spacial score (nSPS) is 17.0. The molecule has 2 N–H and O–H groups in total. The Kier molecular flexibility index (Phi) is 6.15. The number of aliphatic hydroxyl groups is 1. The number of rotatable bonds is 6. The number of hydrogen-bond donors (Lipinski definition) is 2. The van der Waals surface area contributed by atoms with Crippen molar-refractivity contribution in [3.63, 3.8) is 0 Å². The molecule has 0 unspecified atom stereocenters. The fourth-order valence-electron chi connectivity index (χ4n) is 2.69. The Labute approximate surface area is 137 Å². The second-order valence-corrected chi connectivity index (χ2v) is 6.96. The van der Waals surface area contributed by atoms with Gasteiger partial charge in [-0.3, -0.25) is 4.79 Å². The SMILES string of the molecule is CCN(CC)c1ccc(C(=O)NCC2(O)CCSCC2)cc1. The summed E-state index contributed by atoms with van der Waals surface area (Å²) >= 11 is 1.86. The maximum atomic E-state index is 12.2. The standard InChI is InChI=1S/C17H26N2O2S/c1-3-19(4-2)15-7-5-14(6-8-15)16(20)18-13-17(21)9-11-22-12-10-17/h5-8,21H,3-4,9-13H2,1-2H3,(H,18,20). The first-order valence-corrected chi connectivity index (χ1v) is 9.17. The first-order chi connectivity index (χ1) is 10.6. The zero-order valence-electron chi connectivity index (χ0n) is 13.5. The minimum Gasteiger partial charge on any atom is -0.388 e. The molecule has 0 saturated carbocycles. The van der Waals surface area contributed by atoms with E-state index in [4.69, 9.17) is 0 Å². The number of carbonyl (C=O) groups is 1. The van der Waals surface area contributed by atoms with E-state index < -0.39 is 5.60 Å². The number of hydrogen-bond acceptors (Lipinski definition) is 4. The smallest absolute Gasteiger partial charge is 0.251 e. The molecule has 1 aromatic carbocycles. The molecule has 0 spiro atoms. The molecule has 0 bridgehead atoms. The van der Waals surface area contributed by atoms with Crippen molar-refractivity contribution in [2.45, 2.75) is 32.3 Å². The molecular weight excluding hydrogens is 296 g/mol. The van der Waals surface area contributed by atoms with Crippen LogP contribution in [-0.2, 0) is 0 Å². The van der Waals surface area contributed by atoms with E-state index in [1.807, 2.05) is 36.0 Å². The van der Waals surface area contributed by atoms with Crippen LogP contribution in [0.2, 0.25) is 0 Å². The maximum absolute atomic E-state index is 12.2. The molecule has 0 radical (unpaired) electrons. The van der Waals surface area contributed by atoms with Crippen molar-refractivity contribution in [1.29, 1.82) is 0 Å². The number of thioether (sulfide) groups is 1. The highest BCUT2D eigenvalue weighted by Crippen LogP contribution is 2.26. The fraction of sp³-hybridized carbons (Fsp3) is 0.588. The molecule has 4 nitrogen and oxygen atoms in total. The number of amides is 1. The van der Waals surface area contributed by atoms with Crippen molar-refractivity contribution in [3.8, 4) is 0 Å². The number of benzene rings is 1. The van der Waals surface area contributed by atoms with E-state index in [-0.39, 0.29) is 5.91 Å². The Morgan fingerprint density at radius 2 is 1.82 bits per heavy atom. The van der Waals surface area contributed by atoms with Gasteiger partial charge in [-0.05, 0) is 62.5 Å². The van der Waals surface area contributed by atoms with Gasteiger partial charge in [0.15, 0.2) is 0 Å². The average Bonchev–Trinajstić information content (AvgIpc) is 2.55. The maximum Gasteiger partial charge on any atom is 0.251 e. The van der Waals surface area contributed by atoms with Gasteiger partial charge in [0.2, 0.25) is 0 Å². The van der Waals surface area contributed by atoms with E-state index in [0.717, 1.165) is 43.1 Å². The first kappa shape index (κ1) is 17.2. The summed E-state index contributed by atoms with van der Waals surface area (Å²) in [6, 6.07) is 7.66. The van der Waals surface area contributed by atoms with Crippen LogP contribution in [0.1, 0.15) is 37.0 Å². The number of nitrogens with one attached hydrogen (secondary N) is 1. The summed E-state index contributed by atoms with van der Waals surface area (Å²) in [5.41, 5.74) is 1.04. The van der Waals surface area contributed by atoms with Crippen molar-refractivity contribution in [2.24, 2.45) is 0 Å². The summed E-state index contributed by atoms with van der Waals surface area (Å²) < 4.78 is 0. The van der Waals surface area contributed by atoms with E-state index in [1.54, 1.807) is 0 Å². The molecule has 1 saturated heterocycles. The van der Waals surface area contributed by atoms with Crippen molar-refractivity contribution >= 4 is 23.4 Å². The molecule has 1 aliphatic rings. The summed E-state index contributed by atoms with van der Waals surface area (Å²) in [5, 5.41) is 13.3. The van der Waals surface area contributed by atoms with Gasteiger partial charge in [0, 0.05) is 30.9 Å². The van der Waals surface area contributed by atoms with Gasteiger partial charge in [0.25, 0.3) is 5.91 Å². The van der Waals surface area contributed by atoms with Gasteiger partial charge < -0.3 is 15.3 Å². The minimum absolute atomic E-state index is 0.113. The van der Waals surface area contributed by atoms with Crippen LogP contribution in [-0.4, -0.2) is 47.8 Å². The Morgan fingerprint density at radius 3 is 2.36 bits per heavy atom. The van der Waals surface area contributed by atoms with Crippen molar-refractivity contribution < 1.29 is 9.90 Å². The topological polar surface area (TPSA) is 52.6 Å². The second kappa shape index (κ2) is 7.88. The zero-order chi connectivity index (χ0) is 16.0. The van der Waals surface area contributed by atoms with Gasteiger partial charge in [-0.25, -0.2) is 0 Å². The summed E-state index contributed by atoms with van der Waals surface area (Å²) in [7, 11) is 0. The van der Waals surface area contributed by atoms with Gasteiger partial charge in [0.1, 0.15) is 0 Å². The van der Waals surface area contributed by atoms with Crippen LogP contribution >= 0.6 is 11.8 Å². The molecule has 1 aromatic rings. The van der Waals surface area contributed by atoms with Gasteiger partial charge in [-0.2, -0.15) is 11.8 Å². The average molecular weight is 322 g/mol. The van der Waals surface area contributed by atoms with E-state index in [0.29, 0.717) is 12.1 Å². The molecule has 122 valence electrons. The Balaban J connectivity index is 1.92. The van der Waals surface area contributed by atoms with Gasteiger partial charge in [-0.15, -0.1) is 0 Å². The van der Waals surface area contributed by atoms with Crippen LogP contribution in [0, 0.1) is 0 Å². The lowest BCUT2D eigenvalue weighted by Crippen LogP contribution is -2.45. The third-order valence-corrected chi connectivity index (χ3v) is 5.25. The van der Waals surface area contributed by atoms with Gasteiger partial charge in [0.05, 0.1) is 5.60 Å². The Bertz CT molecular complexity index is 480. The lowest BCUT2D eigenvalue weighted by molar-refractivity contribution is 0.0311. The predicted octanol–water partition coefficient (Wildman–Crippen LogP) is 2.52. The third-order valence-electron chi connectivity index (χ3n) is 4.26. The minimum atomic E-state index is -0.734. The van der Waals surface area contributed by atoms with Gasteiger partial charge in [-0.1, -0.05) is 0 Å². The first-order valence-electron chi connectivity index (χ1n) is 8.01.